The van der Waals surface area contributed by atoms with E-state index in [1.807, 2.05) is 38.1 Å². The molecule has 2 unspecified atom stereocenters. The zero-order chi connectivity index (χ0) is 30.0. The number of piperazine rings is 1. The van der Waals surface area contributed by atoms with E-state index in [1.165, 1.54) is 6.07 Å². The highest BCUT2D eigenvalue weighted by atomic mass is 35.5. The summed E-state index contributed by atoms with van der Waals surface area (Å²) in [4.78, 5) is 13.8. The van der Waals surface area contributed by atoms with Crippen molar-refractivity contribution in [1.82, 2.24) is 9.62 Å². The molecule has 42 heavy (non-hydrogen) atoms. The molecular formula is C32H43ClFN3O4S. The largest absolute Gasteiger partial charge is 0.376 e. The van der Waals surface area contributed by atoms with Gasteiger partial charge in [0.2, 0.25) is 10.0 Å². The monoisotopic (exact) mass is 619 g/mol. The maximum Gasteiger partial charge on any atom is 0.214 e. The molecule has 10 heteroatoms. The molecular weight excluding hydrogens is 577 g/mol. The number of Topliss-reactive ketones (excluding diaryl/α,β-unsaturated/α-hetero) is 1. The second-order valence-electron chi connectivity index (χ2n) is 12.4. The van der Waals surface area contributed by atoms with E-state index in [0.29, 0.717) is 48.5 Å². The number of ketones is 1. The molecule has 0 radical (unpaired) electrons. The molecule has 3 heterocycles. The molecule has 2 bridgehead atoms. The minimum absolute atomic E-state index is 0.0136. The fourth-order valence-corrected chi connectivity index (χ4v) is 9.25. The lowest BCUT2D eigenvalue weighted by atomic mass is 9.73. The van der Waals surface area contributed by atoms with E-state index in [4.69, 9.17) is 22.1 Å². The van der Waals surface area contributed by atoms with E-state index < -0.39 is 16.1 Å². The Morgan fingerprint density at radius 1 is 1.17 bits per heavy atom. The Kier molecular flexibility index (Phi) is 10.1. The first-order chi connectivity index (χ1) is 20.0. The lowest BCUT2D eigenvalue weighted by Gasteiger charge is -2.39. The fraction of sp³-hybridized carbons (Fsp3) is 0.594. The summed E-state index contributed by atoms with van der Waals surface area (Å²) in [6, 6.07) is 11.5. The highest BCUT2D eigenvalue weighted by Crippen LogP contribution is 2.39. The van der Waals surface area contributed by atoms with E-state index >= 15 is 4.39 Å². The van der Waals surface area contributed by atoms with Crippen LogP contribution in [0.5, 0.6) is 0 Å². The van der Waals surface area contributed by atoms with Crippen LogP contribution in [-0.4, -0.2) is 67.7 Å². The van der Waals surface area contributed by atoms with Crippen LogP contribution in [0.3, 0.4) is 0 Å². The van der Waals surface area contributed by atoms with Gasteiger partial charge in [-0.25, -0.2) is 12.8 Å². The predicted octanol–water partition coefficient (Wildman–Crippen LogP) is 4.60. The molecule has 230 valence electrons. The Labute approximate surface area is 254 Å². The Morgan fingerprint density at radius 3 is 2.60 bits per heavy atom. The first-order valence-corrected chi connectivity index (χ1v) is 17.2. The number of nitrogens with zero attached hydrogens (tertiary/aromatic N) is 1. The van der Waals surface area contributed by atoms with Gasteiger partial charge in [-0.05, 0) is 93.2 Å². The number of benzene rings is 2. The quantitative estimate of drug-likeness (QED) is 0.425. The van der Waals surface area contributed by atoms with Crippen LogP contribution in [0.4, 0.5) is 4.39 Å². The topological polar surface area (TPSA) is 102 Å². The zero-order valence-corrected chi connectivity index (χ0v) is 26.0. The third-order valence-electron chi connectivity index (χ3n) is 9.33. The molecule has 0 spiro atoms. The summed E-state index contributed by atoms with van der Waals surface area (Å²) in [5.74, 6) is -0.455. The minimum Gasteiger partial charge on any atom is -0.376 e. The summed E-state index contributed by atoms with van der Waals surface area (Å²) in [7, 11) is -3.34. The van der Waals surface area contributed by atoms with Crippen LogP contribution in [0.2, 0.25) is 5.02 Å². The molecule has 2 aromatic rings. The molecule has 3 fully saturated rings. The van der Waals surface area contributed by atoms with Crippen LogP contribution >= 0.6 is 11.6 Å². The van der Waals surface area contributed by atoms with Crippen molar-refractivity contribution < 1.29 is 22.3 Å². The number of rotatable bonds is 9. The highest BCUT2D eigenvalue weighted by Gasteiger charge is 2.39. The van der Waals surface area contributed by atoms with Crippen LogP contribution in [-0.2, 0) is 32.4 Å². The van der Waals surface area contributed by atoms with Crippen molar-refractivity contribution in [3.8, 4) is 0 Å². The summed E-state index contributed by atoms with van der Waals surface area (Å²) in [5.41, 5.74) is 8.82. The highest BCUT2D eigenvalue weighted by molar-refractivity contribution is 7.89. The summed E-state index contributed by atoms with van der Waals surface area (Å²) in [6.07, 6.45) is 4.00. The number of fused-ring (bicyclic) bond motifs is 2. The van der Waals surface area contributed by atoms with E-state index in [9.17, 15) is 13.2 Å². The summed E-state index contributed by atoms with van der Waals surface area (Å²) < 4.78 is 48.7. The zero-order valence-electron chi connectivity index (χ0n) is 24.5. The van der Waals surface area contributed by atoms with Gasteiger partial charge < -0.3 is 15.8 Å². The minimum atomic E-state index is -3.34. The van der Waals surface area contributed by atoms with Gasteiger partial charge in [0.25, 0.3) is 0 Å². The number of carbonyl (C=O) groups is 1. The van der Waals surface area contributed by atoms with Gasteiger partial charge in [-0.3, -0.25) is 4.79 Å². The normalized spacial score (nSPS) is 30.7. The van der Waals surface area contributed by atoms with Gasteiger partial charge in [-0.2, -0.15) is 4.31 Å². The second-order valence-corrected chi connectivity index (χ2v) is 14.9. The maximum atomic E-state index is 15.2. The van der Waals surface area contributed by atoms with E-state index in [-0.39, 0.29) is 59.9 Å². The second kappa shape index (κ2) is 13.4. The fourth-order valence-electron chi connectivity index (χ4n) is 7.32. The van der Waals surface area contributed by atoms with Gasteiger partial charge >= 0.3 is 0 Å². The van der Waals surface area contributed by atoms with Crippen molar-refractivity contribution in [3.05, 3.63) is 70.0 Å². The Bertz CT molecular complexity index is 1350. The standard InChI is InChI=1S/C32H43ClFN3O4S/c1-20-15-24(16-21(2)41-20)31(22-8-10-25(33)11-9-22)32(35)30(38)17-23-5-3-7-29(34)28(23)13-12-27-18-36-26-6-4-14-42(39,40)37(27)19-26/h3,5,7-11,20-21,24,26-27,31-32,36H,4,6,12-19,35H2,1-2H3/t20-,21+,24?,26-,27+,31+,32-/m1/s1. The van der Waals surface area contributed by atoms with Crippen LogP contribution in [0.25, 0.3) is 0 Å². The van der Waals surface area contributed by atoms with Gasteiger partial charge in [0.1, 0.15) is 5.82 Å². The molecule has 3 aliphatic heterocycles. The molecule has 3 saturated heterocycles. The molecule has 0 amide bonds. The number of carbonyl (C=O) groups excluding carboxylic acids is 1. The summed E-state index contributed by atoms with van der Waals surface area (Å²) in [5, 5.41) is 4.09. The number of halogens is 2. The maximum absolute atomic E-state index is 15.2. The number of hydrogen-bond acceptors (Lipinski definition) is 6. The first-order valence-electron chi connectivity index (χ1n) is 15.2. The molecule has 3 aliphatic rings. The molecule has 2 aromatic carbocycles. The summed E-state index contributed by atoms with van der Waals surface area (Å²) >= 11 is 6.17. The molecule has 5 rings (SSSR count). The van der Waals surface area contributed by atoms with Crippen LogP contribution in [0.1, 0.15) is 68.6 Å². The smallest absolute Gasteiger partial charge is 0.214 e. The van der Waals surface area contributed by atoms with Gasteiger partial charge in [0, 0.05) is 42.5 Å². The van der Waals surface area contributed by atoms with Crippen molar-refractivity contribution in [2.75, 3.05) is 18.8 Å². The number of nitrogens with one attached hydrogen (secondary N) is 1. The van der Waals surface area contributed by atoms with Crippen LogP contribution in [0, 0.1) is 11.7 Å². The third kappa shape index (κ3) is 7.25. The third-order valence-corrected chi connectivity index (χ3v) is 11.5. The van der Waals surface area contributed by atoms with Gasteiger partial charge in [-0.1, -0.05) is 35.9 Å². The van der Waals surface area contributed by atoms with Crippen LogP contribution in [0.15, 0.2) is 42.5 Å². The van der Waals surface area contributed by atoms with Crippen molar-refractivity contribution in [3.63, 3.8) is 0 Å². The van der Waals surface area contributed by atoms with Crippen LogP contribution < -0.4 is 11.1 Å². The number of nitrogens with two attached hydrogens (primary N) is 1. The van der Waals surface area contributed by atoms with Crippen molar-refractivity contribution >= 4 is 27.4 Å². The van der Waals surface area contributed by atoms with E-state index in [2.05, 4.69) is 5.32 Å². The molecule has 0 aromatic heterocycles. The average molecular weight is 620 g/mol. The number of ether oxygens (including phenoxy) is 1. The van der Waals surface area contributed by atoms with Crippen molar-refractivity contribution in [2.24, 2.45) is 11.7 Å². The summed E-state index contributed by atoms with van der Waals surface area (Å²) in [6.45, 7) is 5.10. The SMILES string of the molecule is C[C@@H]1CC([C@H](c2ccc(Cl)cc2)[C@H](N)C(=O)Cc2cccc(F)c2CC[C@H]2CN[C@@H]3CCCS(=O)(=O)N2C3)C[C@H](C)O1. The molecule has 7 nitrogen and oxygen atoms in total. The molecule has 0 aliphatic carbocycles. The van der Waals surface area contributed by atoms with E-state index in [0.717, 1.165) is 24.8 Å². The molecule has 0 saturated carbocycles. The molecule has 3 N–H and O–H groups in total. The lowest BCUT2D eigenvalue weighted by Crippen LogP contribution is -2.57. The van der Waals surface area contributed by atoms with Gasteiger partial charge in [0.15, 0.2) is 5.78 Å². The van der Waals surface area contributed by atoms with Gasteiger partial charge in [0.05, 0.1) is 24.0 Å². The average Bonchev–Trinajstić information content (AvgIpc) is 3.05. The Hall–Kier alpha value is -1.88. The number of hydrogen-bond donors (Lipinski definition) is 2. The predicted molar refractivity (Wildman–Crippen MR) is 164 cm³/mol. The lowest BCUT2D eigenvalue weighted by molar-refractivity contribution is -0.121. The molecule has 8 atom stereocenters. The van der Waals surface area contributed by atoms with Crippen molar-refractivity contribution in [1.29, 1.82) is 0 Å². The van der Waals surface area contributed by atoms with Gasteiger partial charge in [-0.15, -0.1) is 0 Å². The van der Waals surface area contributed by atoms with E-state index in [1.54, 1.807) is 16.4 Å². The number of sulfonamides is 1. The Morgan fingerprint density at radius 2 is 1.88 bits per heavy atom. The Balaban J connectivity index is 1.34. The van der Waals surface area contributed by atoms with Crippen molar-refractivity contribution in [2.45, 2.75) is 95.0 Å². The first kappa shape index (κ1) is 31.5.